The second-order valence-electron chi connectivity index (χ2n) is 5.43. The number of nitrogens with one attached hydrogen (secondary N) is 2. The van der Waals surface area contributed by atoms with Crippen molar-refractivity contribution in [3.63, 3.8) is 0 Å². The summed E-state index contributed by atoms with van der Waals surface area (Å²) < 4.78 is 10.4. The second kappa shape index (κ2) is 9.88. The number of methoxy groups -OCH3 is 2. The van der Waals surface area contributed by atoms with E-state index in [1.807, 2.05) is 36.4 Å². The molecule has 0 fully saturated rings. The zero-order chi connectivity index (χ0) is 18.8. The molecule has 136 valence electrons. The lowest BCUT2D eigenvalue weighted by atomic mass is 10.2. The van der Waals surface area contributed by atoms with Crippen molar-refractivity contribution in [1.82, 2.24) is 10.6 Å². The van der Waals surface area contributed by atoms with Gasteiger partial charge in [-0.25, -0.2) is 0 Å². The van der Waals surface area contributed by atoms with Gasteiger partial charge in [-0.2, -0.15) is 0 Å². The lowest BCUT2D eigenvalue weighted by Crippen LogP contribution is -2.35. The Labute approximate surface area is 152 Å². The van der Waals surface area contributed by atoms with Gasteiger partial charge in [0.25, 0.3) is 0 Å². The number of benzene rings is 2. The highest BCUT2D eigenvalue weighted by Crippen LogP contribution is 2.27. The van der Waals surface area contributed by atoms with Gasteiger partial charge < -0.3 is 20.1 Å². The molecule has 0 heterocycles. The first kappa shape index (κ1) is 19.1. The lowest BCUT2D eigenvalue weighted by molar-refractivity contribution is -0.124. The summed E-state index contributed by atoms with van der Waals surface area (Å²) in [5.74, 6) is 0.620. The standard InChI is InChI=1S/C20H22N2O4/c1-25-17-10-8-16(12-18(17)26-2)13-21-20(24)14-22-19(23)11-9-15-6-4-3-5-7-15/h3-12H,13-14H2,1-2H3,(H,21,24)(H,22,23)/b11-9+. The first-order chi connectivity index (χ1) is 12.6. The minimum absolute atomic E-state index is 0.0920. The van der Waals surface area contributed by atoms with Crippen LogP contribution in [0.3, 0.4) is 0 Å². The molecule has 6 heteroatoms. The molecular formula is C20H22N2O4. The fourth-order valence-corrected chi connectivity index (χ4v) is 2.22. The van der Waals surface area contributed by atoms with E-state index in [4.69, 9.17) is 9.47 Å². The summed E-state index contributed by atoms with van der Waals surface area (Å²) in [6, 6.07) is 14.9. The van der Waals surface area contributed by atoms with Crippen molar-refractivity contribution in [2.45, 2.75) is 6.54 Å². The molecule has 6 nitrogen and oxygen atoms in total. The average molecular weight is 354 g/mol. The average Bonchev–Trinajstić information content (AvgIpc) is 2.69. The molecule has 0 aliphatic carbocycles. The van der Waals surface area contributed by atoms with Crippen LogP contribution in [0.15, 0.2) is 54.6 Å². The van der Waals surface area contributed by atoms with Gasteiger partial charge in [-0.1, -0.05) is 36.4 Å². The fraction of sp³-hybridized carbons (Fsp3) is 0.200. The van der Waals surface area contributed by atoms with Crippen LogP contribution in [0.1, 0.15) is 11.1 Å². The third-order valence-corrected chi connectivity index (χ3v) is 3.59. The Kier molecular flexibility index (Phi) is 7.24. The summed E-state index contributed by atoms with van der Waals surface area (Å²) in [5, 5.41) is 5.29. The molecule has 2 rings (SSSR count). The van der Waals surface area contributed by atoms with E-state index in [9.17, 15) is 9.59 Å². The Hall–Kier alpha value is -3.28. The molecule has 0 aromatic heterocycles. The smallest absolute Gasteiger partial charge is 0.244 e. The Morgan fingerprint density at radius 3 is 2.38 bits per heavy atom. The van der Waals surface area contributed by atoms with E-state index in [0.717, 1.165) is 11.1 Å². The Morgan fingerprint density at radius 2 is 1.69 bits per heavy atom. The second-order valence-corrected chi connectivity index (χ2v) is 5.43. The molecule has 0 spiro atoms. The van der Waals surface area contributed by atoms with E-state index in [0.29, 0.717) is 18.0 Å². The number of hydrogen-bond acceptors (Lipinski definition) is 4. The van der Waals surface area contributed by atoms with Gasteiger partial charge in [-0.05, 0) is 29.3 Å². The van der Waals surface area contributed by atoms with Crippen LogP contribution in [0.5, 0.6) is 11.5 Å². The molecule has 0 radical (unpaired) electrons. The van der Waals surface area contributed by atoms with Crippen LogP contribution in [-0.4, -0.2) is 32.6 Å². The monoisotopic (exact) mass is 354 g/mol. The van der Waals surface area contributed by atoms with Gasteiger partial charge in [0.15, 0.2) is 11.5 Å². The van der Waals surface area contributed by atoms with Gasteiger partial charge in [-0.3, -0.25) is 9.59 Å². The van der Waals surface area contributed by atoms with Crippen LogP contribution < -0.4 is 20.1 Å². The molecule has 2 N–H and O–H groups in total. The molecule has 0 aliphatic rings. The van der Waals surface area contributed by atoms with Gasteiger partial charge >= 0.3 is 0 Å². The van der Waals surface area contributed by atoms with Crippen LogP contribution in [0.4, 0.5) is 0 Å². The number of rotatable bonds is 8. The van der Waals surface area contributed by atoms with Gasteiger partial charge in [0, 0.05) is 12.6 Å². The van der Waals surface area contributed by atoms with Crippen LogP contribution >= 0.6 is 0 Å². The maximum absolute atomic E-state index is 11.9. The van der Waals surface area contributed by atoms with E-state index < -0.39 is 0 Å². The highest BCUT2D eigenvalue weighted by atomic mass is 16.5. The summed E-state index contributed by atoms with van der Waals surface area (Å²) in [4.78, 5) is 23.6. The zero-order valence-electron chi connectivity index (χ0n) is 14.8. The molecule has 26 heavy (non-hydrogen) atoms. The van der Waals surface area contributed by atoms with Crippen LogP contribution in [0.2, 0.25) is 0 Å². The Bertz CT molecular complexity index is 773. The molecule has 2 amide bonds. The van der Waals surface area contributed by atoms with Crippen molar-refractivity contribution in [2.75, 3.05) is 20.8 Å². The fourth-order valence-electron chi connectivity index (χ4n) is 2.22. The lowest BCUT2D eigenvalue weighted by Gasteiger charge is -2.10. The predicted molar refractivity (Wildman–Crippen MR) is 99.9 cm³/mol. The Balaban J connectivity index is 1.76. The molecule has 2 aromatic carbocycles. The van der Waals surface area contributed by atoms with Crippen LogP contribution in [0, 0.1) is 0 Å². The van der Waals surface area contributed by atoms with Crippen molar-refractivity contribution in [1.29, 1.82) is 0 Å². The third kappa shape index (κ3) is 5.98. The number of hydrogen-bond donors (Lipinski definition) is 2. The zero-order valence-corrected chi connectivity index (χ0v) is 14.8. The van der Waals surface area contributed by atoms with Gasteiger partial charge in [0.05, 0.1) is 20.8 Å². The maximum atomic E-state index is 11.9. The number of carbonyl (C=O) groups is 2. The van der Waals surface area contributed by atoms with Crippen molar-refractivity contribution in [3.05, 3.63) is 65.7 Å². The van der Waals surface area contributed by atoms with E-state index in [1.54, 1.807) is 32.4 Å². The first-order valence-electron chi connectivity index (χ1n) is 8.11. The number of ether oxygens (including phenoxy) is 2. The van der Waals surface area contributed by atoms with Crippen molar-refractivity contribution >= 4 is 17.9 Å². The van der Waals surface area contributed by atoms with Gasteiger partial charge in [0.2, 0.25) is 11.8 Å². The van der Waals surface area contributed by atoms with Crippen molar-refractivity contribution < 1.29 is 19.1 Å². The minimum Gasteiger partial charge on any atom is -0.493 e. The van der Waals surface area contributed by atoms with E-state index in [-0.39, 0.29) is 18.4 Å². The summed E-state index contributed by atoms with van der Waals surface area (Å²) >= 11 is 0. The normalized spacial score (nSPS) is 10.4. The van der Waals surface area contributed by atoms with Crippen LogP contribution in [-0.2, 0) is 16.1 Å². The molecule has 0 aliphatic heterocycles. The quantitative estimate of drug-likeness (QED) is 0.712. The van der Waals surface area contributed by atoms with Crippen molar-refractivity contribution in [3.8, 4) is 11.5 Å². The summed E-state index contributed by atoms with van der Waals surface area (Å²) in [7, 11) is 3.12. The van der Waals surface area contributed by atoms with Gasteiger partial charge in [0.1, 0.15) is 0 Å². The largest absolute Gasteiger partial charge is 0.493 e. The molecule has 0 saturated carbocycles. The molecule has 0 bridgehead atoms. The topological polar surface area (TPSA) is 76.7 Å². The molecule has 0 atom stereocenters. The number of carbonyl (C=O) groups excluding carboxylic acids is 2. The van der Waals surface area contributed by atoms with E-state index >= 15 is 0 Å². The molecular weight excluding hydrogens is 332 g/mol. The van der Waals surface area contributed by atoms with Crippen LogP contribution in [0.25, 0.3) is 6.08 Å². The van der Waals surface area contributed by atoms with Gasteiger partial charge in [-0.15, -0.1) is 0 Å². The third-order valence-electron chi connectivity index (χ3n) is 3.59. The Morgan fingerprint density at radius 1 is 0.962 bits per heavy atom. The molecule has 0 saturated heterocycles. The van der Waals surface area contributed by atoms with E-state index in [1.165, 1.54) is 6.08 Å². The highest BCUT2D eigenvalue weighted by Gasteiger charge is 2.07. The van der Waals surface area contributed by atoms with Crippen molar-refractivity contribution in [2.24, 2.45) is 0 Å². The SMILES string of the molecule is COc1ccc(CNC(=O)CNC(=O)/C=C/c2ccccc2)cc1OC. The maximum Gasteiger partial charge on any atom is 0.244 e. The molecule has 2 aromatic rings. The predicted octanol–water partition coefficient (Wildman–Crippen LogP) is 2.15. The first-order valence-corrected chi connectivity index (χ1v) is 8.11. The number of amides is 2. The molecule has 0 unspecified atom stereocenters. The summed E-state index contributed by atoms with van der Waals surface area (Å²) in [6.45, 7) is 0.236. The summed E-state index contributed by atoms with van der Waals surface area (Å²) in [5.41, 5.74) is 1.78. The minimum atomic E-state index is -0.324. The summed E-state index contributed by atoms with van der Waals surface area (Å²) in [6.07, 6.45) is 3.09. The van der Waals surface area contributed by atoms with E-state index in [2.05, 4.69) is 10.6 Å². The highest BCUT2D eigenvalue weighted by molar-refractivity contribution is 5.94.